The molecule has 5 rings (SSSR count). The van der Waals surface area contributed by atoms with E-state index in [1.54, 1.807) is 0 Å². The van der Waals surface area contributed by atoms with Gasteiger partial charge in [-0.05, 0) is 49.5 Å². The maximum atomic E-state index is 13.9. The molecular formula is C37H43NO4S. The Labute approximate surface area is 259 Å². The molecule has 0 aliphatic heterocycles. The quantitative estimate of drug-likeness (QED) is 0.183. The Balaban J connectivity index is 1.28. The van der Waals surface area contributed by atoms with Crippen LogP contribution >= 0.6 is 11.8 Å². The number of ketones is 3. The number of hydrogen-bond donors (Lipinski definition) is 0. The third-order valence-corrected chi connectivity index (χ3v) is 10.3. The molecular weight excluding hydrogens is 554 g/mol. The van der Waals surface area contributed by atoms with Crippen molar-refractivity contribution in [2.45, 2.75) is 77.4 Å². The molecule has 1 fully saturated rings. The molecule has 6 heteroatoms. The average molecular weight is 598 g/mol. The highest BCUT2D eigenvalue weighted by Crippen LogP contribution is 2.46. The van der Waals surface area contributed by atoms with Gasteiger partial charge in [0.1, 0.15) is 17.3 Å². The second-order valence-electron chi connectivity index (χ2n) is 12.3. The Kier molecular flexibility index (Phi) is 10.5. The van der Waals surface area contributed by atoms with Crippen molar-refractivity contribution in [3.63, 3.8) is 0 Å². The van der Waals surface area contributed by atoms with E-state index in [4.69, 9.17) is 9.40 Å². The number of nitrogens with zero attached hydrogens (tertiary/aromatic N) is 1. The van der Waals surface area contributed by atoms with Gasteiger partial charge in [-0.3, -0.25) is 14.4 Å². The maximum absolute atomic E-state index is 13.9. The Morgan fingerprint density at radius 1 is 0.977 bits per heavy atom. The van der Waals surface area contributed by atoms with Crippen LogP contribution in [0.1, 0.15) is 72.1 Å². The molecule has 0 bridgehead atoms. The fraction of sp³-hybridized carbons (Fsp3) is 0.459. The van der Waals surface area contributed by atoms with E-state index in [2.05, 4.69) is 20.8 Å². The fourth-order valence-electron chi connectivity index (χ4n) is 7.19. The molecule has 0 N–H and O–H groups in total. The van der Waals surface area contributed by atoms with Crippen molar-refractivity contribution in [2.75, 3.05) is 5.75 Å². The van der Waals surface area contributed by atoms with Gasteiger partial charge in [0, 0.05) is 35.8 Å². The first-order valence-corrected chi connectivity index (χ1v) is 16.9. The maximum Gasteiger partial charge on any atom is 0.257 e. The Hall–Kier alpha value is -3.25. The smallest absolute Gasteiger partial charge is 0.257 e. The summed E-state index contributed by atoms with van der Waals surface area (Å²) in [6, 6.07) is 19.9. The molecule has 226 valence electrons. The molecule has 0 saturated heterocycles. The summed E-state index contributed by atoms with van der Waals surface area (Å²) in [5.74, 6) is 1.85. The first kappa shape index (κ1) is 31.2. The lowest BCUT2D eigenvalue weighted by Crippen LogP contribution is -2.39. The Morgan fingerprint density at radius 3 is 2.35 bits per heavy atom. The third kappa shape index (κ3) is 7.29. The SMILES string of the molecule is CCCC(C(=O)CSc1nc(-c2ccccc2)c(-c2ccccc2)o1)C(C)CC(=O)C1C(CC)CCC2=CC(=O)CCC21. The number of aromatic nitrogens is 1. The zero-order valence-electron chi connectivity index (χ0n) is 25.6. The van der Waals surface area contributed by atoms with Gasteiger partial charge in [0.2, 0.25) is 0 Å². The summed E-state index contributed by atoms with van der Waals surface area (Å²) in [7, 11) is 0. The second-order valence-corrected chi connectivity index (χ2v) is 13.2. The van der Waals surface area contributed by atoms with Gasteiger partial charge >= 0.3 is 0 Å². The summed E-state index contributed by atoms with van der Waals surface area (Å²) in [4.78, 5) is 44.4. The largest absolute Gasteiger partial charge is 0.431 e. The summed E-state index contributed by atoms with van der Waals surface area (Å²) in [5, 5.41) is 0.476. The summed E-state index contributed by atoms with van der Waals surface area (Å²) >= 11 is 1.34. The summed E-state index contributed by atoms with van der Waals surface area (Å²) in [5.41, 5.74) is 3.85. The van der Waals surface area contributed by atoms with E-state index in [-0.39, 0.29) is 46.8 Å². The number of oxazole rings is 1. The fourth-order valence-corrected chi connectivity index (χ4v) is 7.97. The van der Waals surface area contributed by atoms with Crippen LogP contribution < -0.4 is 0 Å². The topological polar surface area (TPSA) is 77.2 Å². The zero-order valence-corrected chi connectivity index (χ0v) is 26.4. The van der Waals surface area contributed by atoms with E-state index in [1.165, 1.54) is 17.3 Å². The van der Waals surface area contributed by atoms with Gasteiger partial charge in [-0.2, -0.15) is 0 Å². The van der Waals surface area contributed by atoms with E-state index in [0.29, 0.717) is 29.7 Å². The summed E-state index contributed by atoms with van der Waals surface area (Å²) in [6.45, 7) is 6.34. The van der Waals surface area contributed by atoms with Crippen LogP contribution in [0.2, 0.25) is 0 Å². The molecule has 3 aromatic rings. The summed E-state index contributed by atoms with van der Waals surface area (Å²) in [6.07, 6.45) is 8.07. The van der Waals surface area contributed by atoms with Gasteiger partial charge in [-0.1, -0.05) is 112 Å². The first-order chi connectivity index (χ1) is 20.9. The van der Waals surface area contributed by atoms with Crippen molar-refractivity contribution in [1.29, 1.82) is 0 Å². The van der Waals surface area contributed by atoms with Crippen LogP contribution in [0.3, 0.4) is 0 Å². The normalized spacial score (nSPS) is 21.5. The number of benzene rings is 2. The predicted octanol–water partition coefficient (Wildman–Crippen LogP) is 9.02. The minimum absolute atomic E-state index is 0.0348. The summed E-state index contributed by atoms with van der Waals surface area (Å²) < 4.78 is 6.25. The Bertz CT molecular complexity index is 1390. The molecule has 1 aromatic heterocycles. The minimum Gasteiger partial charge on any atom is -0.431 e. The molecule has 2 aromatic carbocycles. The molecule has 1 saturated carbocycles. The van der Waals surface area contributed by atoms with Gasteiger partial charge in [0.15, 0.2) is 11.5 Å². The highest BCUT2D eigenvalue weighted by molar-refractivity contribution is 7.99. The molecule has 1 heterocycles. The number of Topliss-reactive ketones (excluding diaryl/α,β-unsaturated/α-hetero) is 2. The van der Waals surface area contributed by atoms with Crippen molar-refractivity contribution in [2.24, 2.45) is 29.6 Å². The van der Waals surface area contributed by atoms with Gasteiger partial charge in [0.05, 0.1) is 5.75 Å². The van der Waals surface area contributed by atoms with Crippen molar-refractivity contribution < 1.29 is 18.8 Å². The number of fused-ring (bicyclic) bond motifs is 1. The predicted molar refractivity (Wildman–Crippen MR) is 173 cm³/mol. The monoisotopic (exact) mass is 597 g/mol. The number of allylic oxidation sites excluding steroid dienone is 2. The lowest BCUT2D eigenvalue weighted by molar-refractivity contribution is -0.130. The van der Waals surface area contributed by atoms with Gasteiger partial charge < -0.3 is 4.42 Å². The highest BCUT2D eigenvalue weighted by atomic mass is 32.2. The lowest BCUT2D eigenvalue weighted by Gasteiger charge is -2.41. The first-order valence-electron chi connectivity index (χ1n) is 15.9. The van der Waals surface area contributed by atoms with Crippen molar-refractivity contribution in [1.82, 2.24) is 4.98 Å². The number of thioether (sulfide) groups is 1. The average Bonchev–Trinajstić information content (AvgIpc) is 3.47. The standard InChI is InChI=1S/C37H43NO4S/c1-4-12-30(24(3)21-32(40)34-25(5-2)17-18-28-22-29(39)19-20-31(28)34)33(41)23-43-37-38-35(26-13-8-6-9-14-26)36(42-37)27-15-10-7-11-16-27/h6-11,13-16,22,24-25,30-31,34H,4-5,12,17-21,23H2,1-3H3. The van der Waals surface area contributed by atoms with Crippen LogP contribution in [-0.2, 0) is 14.4 Å². The van der Waals surface area contributed by atoms with Gasteiger partial charge in [-0.25, -0.2) is 4.98 Å². The van der Waals surface area contributed by atoms with Crippen molar-refractivity contribution in [3.05, 3.63) is 72.3 Å². The Morgan fingerprint density at radius 2 is 1.67 bits per heavy atom. The highest BCUT2D eigenvalue weighted by Gasteiger charge is 2.42. The van der Waals surface area contributed by atoms with E-state index in [0.717, 1.165) is 55.3 Å². The van der Waals surface area contributed by atoms with E-state index in [1.807, 2.05) is 66.7 Å². The second kappa shape index (κ2) is 14.5. The van der Waals surface area contributed by atoms with Crippen molar-refractivity contribution in [3.8, 4) is 22.6 Å². The van der Waals surface area contributed by atoms with Crippen molar-refractivity contribution >= 4 is 29.1 Å². The molecule has 2 aliphatic carbocycles. The van der Waals surface area contributed by atoms with E-state index >= 15 is 0 Å². The number of rotatable bonds is 13. The van der Waals surface area contributed by atoms with Crippen LogP contribution in [0.15, 0.2) is 82.0 Å². The number of carbonyl (C=O) groups excluding carboxylic acids is 3. The number of hydrogen-bond acceptors (Lipinski definition) is 6. The number of carbonyl (C=O) groups is 3. The van der Waals surface area contributed by atoms with E-state index < -0.39 is 0 Å². The van der Waals surface area contributed by atoms with Crippen LogP contribution in [0.5, 0.6) is 0 Å². The van der Waals surface area contributed by atoms with Crippen LogP contribution in [0.4, 0.5) is 0 Å². The molecule has 5 nitrogen and oxygen atoms in total. The lowest BCUT2D eigenvalue weighted by atomic mass is 9.62. The molecule has 0 spiro atoms. The molecule has 5 atom stereocenters. The minimum atomic E-state index is -0.190. The molecule has 2 aliphatic rings. The third-order valence-electron chi connectivity index (χ3n) is 9.42. The van der Waals surface area contributed by atoms with Crippen LogP contribution in [-0.4, -0.2) is 28.1 Å². The molecule has 43 heavy (non-hydrogen) atoms. The van der Waals surface area contributed by atoms with Gasteiger partial charge in [-0.15, -0.1) is 0 Å². The van der Waals surface area contributed by atoms with E-state index in [9.17, 15) is 14.4 Å². The zero-order chi connectivity index (χ0) is 30.3. The molecule has 0 amide bonds. The van der Waals surface area contributed by atoms with Gasteiger partial charge in [0.25, 0.3) is 5.22 Å². The van der Waals surface area contributed by atoms with Crippen LogP contribution in [0.25, 0.3) is 22.6 Å². The molecule has 0 radical (unpaired) electrons. The van der Waals surface area contributed by atoms with Crippen LogP contribution in [0, 0.1) is 29.6 Å². The molecule has 5 unspecified atom stereocenters.